The lowest BCUT2D eigenvalue weighted by Crippen LogP contribution is -2.39. The van der Waals surface area contributed by atoms with Crippen molar-refractivity contribution in [2.24, 2.45) is 0 Å². The number of carbonyl (C=O) groups excluding carboxylic acids is 2. The molecule has 0 saturated heterocycles. The molecule has 1 amide bonds. The van der Waals surface area contributed by atoms with Crippen LogP contribution in [0.2, 0.25) is 0 Å². The van der Waals surface area contributed by atoms with Gasteiger partial charge in [0.1, 0.15) is 11.6 Å². The minimum atomic E-state index is -3.96. The third kappa shape index (κ3) is 6.25. The van der Waals surface area contributed by atoms with Crippen LogP contribution in [-0.4, -0.2) is 45.5 Å². The number of benzene rings is 1. The second kappa shape index (κ2) is 8.95. The molecule has 0 radical (unpaired) electrons. The molecule has 130 valence electrons. The number of nitrogens with one attached hydrogen (secondary N) is 2. The summed E-state index contributed by atoms with van der Waals surface area (Å²) in [7, 11) is -2.25. The molecule has 0 heterocycles. The minimum Gasteiger partial charge on any atom is -0.354 e. The number of amides is 1. The van der Waals surface area contributed by atoms with Crippen LogP contribution in [0.5, 0.6) is 0 Å². The highest BCUT2D eigenvalue weighted by Crippen LogP contribution is 2.16. The van der Waals surface area contributed by atoms with Gasteiger partial charge in [-0.05, 0) is 39.1 Å². The van der Waals surface area contributed by atoms with Crippen LogP contribution < -0.4 is 10.6 Å². The molecule has 6 nitrogen and oxygen atoms in total. The first-order valence-corrected chi connectivity index (χ1v) is 8.30. The van der Waals surface area contributed by atoms with Gasteiger partial charge in [0, 0.05) is 12.6 Å². The van der Waals surface area contributed by atoms with Crippen LogP contribution in [0, 0.1) is 5.82 Å². The third-order valence-electron chi connectivity index (χ3n) is 3.10. The predicted molar refractivity (Wildman–Crippen MR) is 87.2 cm³/mol. The zero-order valence-corrected chi connectivity index (χ0v) is 14.7. The van der Waals surface area contributed by atoms with Gasteiger partial charge in [0.05, 0.1) is 10.5 Å². The van der Waals surface area contributed by atoms with Crippen molar-refractivity contribution in [1.82, 2.24) is 10.6 Å². The van der Waals surface area contributed by atoms with E-state index in [4.69, 9.17) is 0 Å². The molecule has 0 saturated carbocycles. The lowest BCUT2D eigenvalue weighted by molar-refractivity contribution is -0.118. The molecular formula is C14H20ClFN2O4S. The fourth-order valence-corrected chi connectivity index (χ4v) is 2.82. The van der Waals surface area contributed by atoms with Gasteiger partial charge in [0.2, 0.25) is 5.91 Å². The Morgan fingerprint density at radius 1 is 1.30 bits per heavy atom. The smallest absolute Gasteiger partial charge is 0.235 e. The van der Waals surface area contributed by atoms with Crippen LogP contribution in [0.4, 0.5) is 4.39 Å². The number of likely N-dealkylation sites (N-methyl/N-ethyl adjacent to an activating group) is 1. The highest BCUT2D eigenvalue weighted by atomic mass is 35.5. The molecule has 2 N–H and O–H groups in total. The summed E-state index contributed by atoms with van der Waals surface area (Å²) < 4.78 is 37.8. The summed E-state index contributed by atoms with van der Waals surface area (Å²) in [5.74, 6) is -2.86. The van der Waals surface area contributed by atoms with E-state index < -0.39 is 33.1 Å². The zero-order chi connectivity index (χ0) is 16.9. The Labute approximate surface area is 141 Å². The second-order valence-corrected chi connectivity index (χ2v) is 6.94. The third-order valence-corrected chi connectivity index (χ3v) is 4.71. The van der Waals surface area contributed by atoms with Crippen molar-refractivity contribution < 1.29 is 22.4 Å². The molecule has 1 aromatic rings. The first-order valence-electron chi connectivity index (χ1n) is 6.64. The van der Waals surface area contributed by atoms with Gasteiger partial charge in [-0.2, -0.15) is 0 Å². The van der Waals surface area contributed by atoms with Crippen molar-refractivity contribution in [3.8, 4) is 0 Å². The average molecular weight is 367 g/mol. The van der Waals surface area contributed by atoms with Crippen LogP contribution in [0.3, 0.4) is 0 Å². The van der Waals surface area contributed by atoms with E-state index >= 15 is 0 Å². The summed E-state index contributed by atoms with van der Waals surface area (Å²) in [5.41, 5.74) is -0.189. The molecule has 0 aromatic heterocycles. The number of Topliss-reactive ketones (excluding diaryl/α,β-unsaturated/α-hetero) is 1. The number of rotatable bonds is 7. The molecule has 0 aliphatic rings. The van der Waals surface area contributed by atoms with Crippen molar-refractivity contribution in [2.75, 3.05) is 19.3 Å². The Bertz CT molecular complexity index is 679. The highest BCUT2D eigenvalue weighted by Gasteiger charge is 2.21. The fraction of sp³-hybridized carbons (Fsp3) is 0.429. The summed E-state index contributed by atoms with van der Waals surface area (Å²) in [6, 6.07) is 2.98. The van der Waals surface area contributed by atoms with Gasteiger partial charge in [-0.15, -0.1) is 12.4 Å². The standard InChI is InChI=1S/C14H19FN2O4S.ClH/c1-9(16-3)7-17-14(19)8-22(20,21)11-4-5-12(10(2)18)13(15)6-11;/h4-6,9,16H,7-8H2,1-3H3,(H,17,19);1H. The summed E-state index contributed by atoms with van der Waals surface area (Å²) in [5, 5.41) is 5.37. The number of ketones is 1. The first-order chi connectivity index (χ1) is 10.2. The summed E-state index contributed by atoms with van der Waals surface area (Å²) in [6.07, 6.45) is 0. The number of carbonyl (C=O) groups is 2. The van der Waals surface area contributed by atoms with Gasteiger partial charge in [-0.25, -0.2) is 12.8 Å². The lowest BCUT2D eigenvalue weighted by Gasteiger charge is -2.11. The lowest BCUT2D eigenvalue weighted by atomic mass is 10.1. The average Bonchev–Trinajstić information content (AvgIpc) is 2.43. The maximum atomic E-state index is 13.7. The number of hydrogen-bond donors (Lipinski definition) is 2. The maximum absolute atomic E-state index is 13.7. The van der Waals surface area contributed by atoms with E-state index in [1.54, 1.807) is 7.05 Å². The van der Waals surface area contributed by atoms with Crippen LogP contribution in [-0.2, 0) is 14.6 Å². The second-order valence-electron chi connectivity index (χ2n) is 4.95. The van der Waals surface area contributed by atoms with Gasteiger partial charge in [-0.3, -0.25) is 9.59 Å². The molecule has 1 aromatic carbocycles. The van der Waals surface area contributed by atoms with Crippen molar-refractivity contribution in [3.05, 3.63) is 29.6 Å². The molecule has 0 fully saturated rings. The van der Waals surface area contributed by atoms with E-state index in [1.165, 1.54) is 6.92 Å². The summed E-state index contributed by atoms with van der Waals surface area (Å²) >= 11 is 0. The SMILES string of the molecule is CNC(C)CNC(=O)CS(=O)(=O)c1ccc(C(C)=O)c(F)c1.Cl. The van der Waals surface area contributed by atoms with E-state index in [0.29, 0.717) is 0 Å². The Kier molecular flexibility index (Phi) is 8.36. The van der Waals surface area contributed by atoms with Crippen molar-refractivity contribution in [3.63, 3.8) is 0 Å². The van der Waals surface area contributed by atoms with Crippen LogP contribution >= 0.6 is 12.4 Å². The highest BCUT2D eigenvalue weighted by molar-refractivity contribution is 7.92. The zero-order valence-electron chi connectivity index (χ0n) is 13.1. The van der Waals surface area contributed by atoms with E-state index in [1.807, 2.05) is 6.92 Å². The quantitative estimate of drug-likeness (QED) is 0.701. The van der Waals surface area contributed by atoms with E-state index in [-0.39, 0.29) is 35.5 Å². The Morgan fingerprint density at radius 2 is 1.91 bits per heavy atom. The van der Waals surface area contributed by atoms with Gasteiger partial charge in [0.15, 0.2) is 15.6 Å². The topological polar surface area (TPSA) is 92.3 Å². The van der Waals surface area contributed by atoms with Crippen molar-refractivity contribution >= 4 is 33.9 Å². The largest absolute Gasteiger partial charge is 0.354 e. The first kappa shape index (κ1) is 21.5. The fourth-order valence-electron chi connectivity index (χ4n) is 1.65. The molecular weight excluding hydrogens is 347 g/mol. The van der Waals surface area contributed by atoms with Crippen LogP contribution in [0.1, 0.15) is 24.2 Å². The monoisotopic (exact) mass is 366 g/mol. The van der Waals surface area contributed by atoms with Crippen molar-refractivity contribution in [1.29, 1.82) is 0 Å². The Balaban J connectivity index is 0.00000484. The predicted octanol–water partition coefficient (Wildman–Crippen LogP) is 0.948. The van der Waals surface area contributed by atoms with Crippen molar-refractivity contribution in [2.45, 2.75) is 24.8 Å². The normalized spacial score (nSPS) is 12.2. The molecule has 0 aliphatic heterocycles. The molecule has 1 unspecified atom stereocenters. The number of halogens is 2. The van der Waals surface area contributed by atoms with Gasteiger partial charge in [-0.1, -0.05) is 0 Å². The van der Waals surface area contributed by atoms with E-state index in [2.05, 4.69) is 10.6 Å². The maximum Gasteiger partial charge on any atom is 0.235 e. The Hall–Kier alpha value is -1.51. The van der Waals surface area contributed by atoms with Gasteiger partial charge < -0.3 is 10.6 Å². The molecule has 0 spiro atoms. The van der Waals surface area contributed by atoms with Gasteiger partial charge >= 0.3 is 0 Å². The molecule has 23 heavy (non-hydrogen) atoms. The van der Waals surface area contributed by atoms with Crippen LogP contribution in [0.25, 0.3) is 0 Å². The molecule has 0 bridgehead atoms. The molecule has 1 atom stereocenters. The summed E-state index contributed by atoms with van der Waals surface area (Å²) in [6.45, 7) is 3.29. The number of hydrogen-bond acceptors (Lipinski definition) is 5. The molecule has 1 rings (SSSR count). The van der Waals surface area contributed by atoms with E-state index in [9.17, 15) is 22.4 Å². The van der Waals surface area contributed by atoms with Crippen LogP contribution in [0.15, 0.2) is 23.1 Å². The molecule has 0 aliphatic carbocycles. The number of sulfone groups is 1. The molecule has 9 heteroatoms. The summed E-state index contributed by atoms with van der Waals surface area (Å²) in [4.78, 5) is 22.4. The van der Waals surface area contributed by atoms with Gasteiger partial charge in [0.25, 0.3) is 0 Å². The van der Waals surface area contributed by atoms with E-state index in [0.717, 1.165) is 18.2 Å². The minimum absolute atomic E-state index is 0. The Morgan fingerprint density at radius 3 is 2.39 bits per heavy atom.